The van der Waals surface area contributed by atoms with E-state index in [9.17, 15) is 4.79 Å². The fraction of sp³-hybridized carbons (Fsp3) is 0.429. The van der Waals surface area contributed by atoms with E-state index in [1.807, 2.05) is 38.1 Å². The topological polar surface area (TPSA) is 50.7 Å². The first-order chi connectivity index (χ1) is 11.9. The van der Waals surface area contributed by atoms with Gasteiger partial charge in [-0.15, -0.1) is 0 Å². The largest absolute Gasteiger partial charge is 0.483 e. The summed E-state index contributed by atoms with van der Waals surface area (Å²) in [5.41, 5.74) is 6.89. The maximum atomic E-state index is 12.1. The molecular formula is C21H28N2O2. The van der Waals surface area contributed by atoms with Crippen molar-refractivity contribution in [1.29, 1.82) is 0 Å². The van der Waals surface area contributed by atoms with Gasteiger partial charge in [-0.3, -0.25) is 4.79 Å². The number of benzene rings is 1. The van der Waals surface area contributed by atoms with Crippen molar-refractivity contribution in [3.8, 4) is 5.75 Å². The van der Waals surface area contributed by atoms with Crippen molar-refractivity contribution < 1.29 is 9.53 Å². The van der Waals surface area contributed by atoms with Crippen LogP contribution in [-0.4, -0.2) is 18.2 Å². The Morgan fingerprint density at radius 3 is 2.80 bits per heavy atom. The van der Waals surface area contributed by atoms with Crippen LogP contribution < -0.4 is 10.2 Å². The lowest BCUT2D eigenvalue weighted by Crippen LogP contribution is -2.27. The van der Waals surface area contributed by atoms with Gasteiger partial charge in [0.1, 0.15) is 5.75 Å². The Labute approximate surface area is 150 Å². The second kappa shape index (κ2) is 8.65. The van der Waals surface area contributed by atoms with Crippen molar-refractivity contribution in [2.45, 2.75) is 46.5 Å². The van der Waals surface area contributed by atoms with Gasteiger partial charge < -0.3 is 4.74 Å². The molecule has 0 saturated heterocycles. The number of carbonyl (C=O) groups excluding carboxylic acids is 1. The van der Waals surface area contributed by atoms with Crippen LogP contribution in [0.3, 0.4) is 0 Å². The van der Waals surface area contributed by atoms with Gasteiger partial charge in [0.2, 0.25) is 0 Å². The van der Waals surface area contributed by atoms with Crippen LogP contribution in [-0.2, 0) is 4.79 Å². The summed E-state index contributed by atoms with van der Waals surface area (Å²) in [7, 11) is 0. The molecule has 0 heterocycles. The predicted octanol–water partition coefficient (Wildman–Crippen LogP) is 4.59. The average Bonchev–Trinajstić information content (AvgIpc) is 2.59. The number of amides is 1. The van der Waals surface area contributed by atoms with Crippen LogP contribution in [0.2, 0.25) is 0 Å². The maximum absolute atomic E-state index is 12.1. The third-order valence-corrected chi connectivity index (χ3v) is 4.52. The van der Waals surface area contributed by atoms with E-state index < -0.39 is 0 Å². The van der Waals surface area contributed by atoms with E-state index in [1.165, 1.54) is 0 Å². The van der Waals surface area contributed by atoms with Crippen LogP contribution >= 0.6 is 0 Å². The second-order valence-corrected chi connectivity index (χ2v) is 6.94. The van der Waals surface area contributed by atoms with Crippen LogP contribution in [0.25, 0.3) is 0 Å². The van der Waals surface area contributed by atoms with E-state index in [-0.39, 0.29) is 12.5 Å². The molecule has 1 unspecified atom stereocenters. The second-order valence-electron chi connectivity index (χ2n) is 6.94. The first-order valence-corrected chi connectivity index (χ1v) is 8.78. The van der Waals surface area contributed by atoms with Gasteiger partial charge in [-0.2, -0.15) is 5.10 Å². The van der Waals surface area contributed by atoms with Crippen LogP contribution in [0.5, 0.6) is 5.75 Å². The lowest BCUT2D eigenvalue weighted by atomic mass is 9.85. The number of hydrazone groups is 1. The molecule has 1 aromatic rings. The smallest absolute Gasteiger partial charge is 0.277 e. The first-order valence-electron chi connectivity index (χ1n) is 8.78. The molecule has 0 bridgehead atoms. The van der Waals surface area contributed by atoms with Gasteiger partial charge >= 0.3 is 0 Å². The van der Waals surface area contributed by atoms with Crippen molar-refractivity contribution in [3.05, 3.63) is 53.6 Å². The Morgan fingerprint density at radius 1 is 1.40 bits per heavy atom. The molecule has 4 nitrogen and oxygen atoms in total. The van der Waals surface area contributed by atoms with E-state index in [0.29, 0.717) is 11.8 Å². The summed E-state index contributed by atoms with van der Waals surface area (Å²) in [6.45, 7) is 12.2. The molecule has 0 radical (unpaired) electrons. The minimum absolute atomic E-state index is 0.0484. The van der Waals surface area contributed by atoms with Crippen LogP contribution in [0, 0.1) is 5.92 Å². The molecule has 1 aromatic carbocycles. The highest BCUT2D eigenvalue weighted by Gasteiger charge is 2.19. The maximum Gasteiger partial charge on any atom is 0.277 e. The minimum atomic E-state index is -0.253. The number of nitrogens with zero attached hydrogens (tertiary/aromatic N) is 1. The fourth-order valence-corrected chi connectivity index (χ4v) is 2.82. The molecule has 25 heavy (non-hydrogen) atoms. The Kier molecular flexibility index (Phi) is 6.57. The highest BCUT2D eigenvalue weighted by atomic mass is 16.5. The lowest BCUT2D eigenvalue weighted by molar-refractivity contribution is -0.123. The van der Waals surface area contributed by atoms with Gasteiger partial charge in [0.15, 0.2) is 6.61 Å². The molecule has 0 aromatic heterocycles. The standard InChI is InChI=1S/C21H28N2O2/c1-14(2)17-11-10-16(5)19(12-17)22-23-21(24)13-25-20-9-7-6-8-18(20)15(3)4/h6-10,15,17H,1,11-13H2,2-5H3,(H,23,24)/b22-19+. The molecule has 1 aliphatic carbocycles. The van der Waals surface area contributed by atoms with Crippen LogP contribution in [0.1, 0.15) is 52.0 Å². The number of ether oxygens (including phenoxy) is 1. The molecule has 0 saturated carbocycles. The minimum Gasteiger partial charge on any atom is -0.483 e. The summed E-state index contributed by atoms with van der Waals surface area (Å²) in [5.74, 6) is 1.23. The predicted molar refractivity (Wildman–Crippen MR) is 103 cm³/mol. The van der Waals surface area contributed by atoms with Gasteiger partial charge in [-0.1, -0.05) is 50.3 Å². The monoisotopic (exact) mass is 340 g/mol. The van der Waals surface area contributed by atoms with Crippen molar-refractivity contribution >= 4 is 11.6 Å². The molecule has 1 amide bonds. The number of allylic oxidation sites excluding steroid dienone is 3. The summed E-state index contributed by atoms with van der Waals surface area (Å²) in [6, 6.07) is 7.80. The number of para-hydroxylation sites is 1. The summed E-state index contributed by atoms with van der Waals surface area (Å²) in [5, 5.41) is 4.29. The van der Waals surface area contributed by atoms with Crippen molar-refractivity contribution in [2.24, 2.45) is 11.0 Å². The van der Waals surface area contributed by atoms with Crippen molar-refractivity contribution in [2.75, 3.05) is 6.61 Å². The first kappa shape index (κ1) is 19.0. The normalized spacial score (nSPS) is 18.8. The third kappa shape index (κ3) is 5.31. The Morgan fingerprint density at radius 2 is 2.12 bits per heavy atom. The van der Waals surface area contributed by atoms with Gasteiger partial charge in [-0.05, 0) is 55.7 Å². The molecule has 134 valence electrons. The Balaban J connectivity index is 1.94. The highest BCUT2D eigenvalue weighted by Crippen LogP contribution is 2.27. The molecule has 2 rings (SSSR count). The van der Waals surface area contributed by atoms with E-state index in [4.69, 9.17) is 4.74 Å². The SMILES string of the molecule is C=C(C)C1CC=C(C)/C(=N/NC(=O)COc2ccccc2C(C)C)C1. The molecule has 0 aliphatic heterocycles. The molecule has 0 fully saturated rings. The average molecular weight is 340 g/mol. The lowest BCUT2D eigenvalue weighted by Gasteiger charge is -2.22. The van der Waals surface area contributed by atoms with E-state index in [0.717, 1.165) is 41.0 Å². The summed E-state index contributed by atoms with van der Waals surface area (Å²) >= 11 is 0. The van der Waals surface area contributed by atoms with Crippen molar-refractivity contribution in [3.63, 3.8) is 0 Å². The zero-order valence-corrected chi connectivity index (χ0v) is 15.6. The van der Waals surface area contributed by atoms with E-state index >= 15 is 0 Å². The van der Waals surface area contributed by atoms with Crippen LogP contribution in [0.4, 0.5) is 0 Å². The summed E-state index contributed by atoms with van der Waals surface area (Å²) < 4.78 is 5.68. The number of hydrogen-bond acceptors (Lipinski definition) is 3. The molecule has 1 atom stereocenters. The quantitative estimate of drug-likeness (QED) is 0.608. The van der Waals surface area contributed by atoms with Crippen LogP contribution in [0.15, 0.2) is 53.2 Å². The number of nitrogens with one attached hydrogen (secondary N) is 1. The fourth-order valence-electron chi connectivity index (χ4n) is 2.82. The molecular weight excluding hydrogens is 312 g/mol. The zero-order valence-electron chi connectivity index (χ0n) is 15.6. The van der Waals surface area contributed by atoms with E-state index in [2.05, 4.69) is 37.0 Å². The van der Waals surface area contributed by atoms with Gasteiger partial charge in [-0.25, -0.2) is 5.43 Å². The zero-order chi connectivity index (χ0) is 18.4. The summed E-state index contributed by atoms with van der Waals surface area (Å²) in [4.78, 5) is 12.1. The Hall–Kier alpha value is -2.36. The molecule has 1 N–H and O–H groups in total. The van der Waals surface area contributed by atoms with Gasteiger partial charge in [0.25, 0.3) is 5.91 Å². The number of rotatable bonds is 6. The number of hydrogen-bond donors (Lipinski definition) is 1. The molecule has 0 spiro atoms. The number of carbonyl (C=O) groups is 1. The molecule has 1 aliphatic rings. The summed E-state index contributed by atoms with van der Waals surface area (Å²) in [6.07, 6.45) is 3.96. The third-order valence-electron chi connectivity index (χ3n) is 4.52. The van der Waals surface area contributed by atoms with Gasteiger partial charge in [0.05, 0.1) is 5.71 Å². The van der Waals surface area contributed by atoms with Crippen molar-refractivity contribution in [1.82, 2.24) is 5.43 Å². The highest BCUT2D eigenvalue weighted by molar-refractivity contribution is 6.01. The van der Waals surface area contributed by atoms with E-state index in [1.54, 1.807) is 0 Å². The Bertz CT molecular complexity index is 702. The molecule has 4 heteroatoms. The van der Waals surface area contributed by atoms with Gasteiger partial charge in [0, 0.05) is 0 Å².